The SMILES string of the molecule is c1cc2c(C3CCOC3)nccc2cn1. The molecule has 1 atom stereocenters. The summed E-state index contributed by atoms with van der Waals surface area (Å²) >= 11 is 0. The monoisotopic (exact) mass is 200 g/mol. The van der Waals surface area contributed by atoms with Crippen molar-refractivity contribution >= 4 is 10.8 Å². The lowest BCUT2D eigenvalue weighted by Gasteiger charge is -2.09. The largest absolute Gasteiger partial charge is 0.381 e. The van der Waals surface area contributed by atoms with Crippen molar-refractivity contribution in [3.63, 3.8) is 0 Å². The molecule has 1 unspecified atom stereocenters. The van der Waals surface area contributed by atoms with E-state index in [0.717, 1.165) is 30.7 Å². The van der Waals surface area contributed by atoms with E-state index in [1.807, 2.05) is 30.7 Å². The van der Waals surface area contributed by atoms with E-state index < -0.39 is 0 Å². The van der Waals surface area contributed by atoms with E-state index in [2.05, 4.69) is 9.97 Å². The predicted molar refractivity (Wildman–Crippen MR) is 57.7 cm³/mol. The molecule has 3 rings (SSSR count). The van der Waals surface area contributed by atoms with Gasteiger partial charge in [-0.15, -0.1) is 0 Å². The summed E-state index contributed by atoms with van der Waals surface area (Å²) < 4.78 is 5.40. The van der Waals surface area contributed by atoms with Gasteiger partial charge in [-0.2, -0.15) is 0 Å². The van der Waals surface area contributed by atoms with E-state index >= 15 is 0 Å². The second-order valence-electron chi connectivity index (χ2n) is 3.85. The average molecular weight is 200 g/mol. The van der Waals surface area contributed by atoms with Gasteiger partial charge in [0, 0.05) is 41.9 Å². The van der Waals surface area contributed by atoms with Crippen LogP contribution in [0.2, 0.25) is 0 Å². The van der Waals surface area contributed by atoms with Crippen LogP contribution in [0.4, 0.5) is 0 Å². The fourth-order valence-corrected chi connectivity index (χ4v) is 2.12. The molecule has 76 valence electrons. The molecule has 1 aliphatic rings. The fraction of sp³-hybridized carbons (Fsp3) is 0.333. The molecule has 0 amide bonds. The van der Waals surface area contributed by atoms with Gasteiger partial charge < -0.3 is 4.74 Å². The summed E-state index contributed by atoms with van der Waals surface area (Å²) in [4.78, 5) is 8.60. The summed E-state index contributed by atoms with van der Waals surface area (Å²) in [6.07, 6.45) is 6.64. The zero-order chi connectivity index (χ0) is 10.1. The summed E-state index contributed by atoms with van der Waals surface area (Å²) in [5.41, 5.74) is 1.16. The first kappa shape index (κ1) is 8.80. The van der Waals surface area contributed by atoms with Crippen molar-refractivity contribution in [1.82, 2.24) is 9.97 Å². The van der Waals surface area contributed by atoms with Crippen molar-refractivity contribution in [1.29, 1.82) is 0 Å². The van der Waals surface area contributed by atoms with Crippen LogP contribution < -0.4 is 0 Å². The summed E-state index contributed by atoms with van der Waals surface area (Å²) in [7, 11) is 0. The molecular weight excluding hydrogens is 188 g/mol. The van der Waals surface area contributed by atoms with E-state index in [9.17, 15) is 0 Å². The molecule has 3 heterocycles. The minimum atomic E-state index is 0.455. The summed E-state index contributed by atoms with van der Waals surface area (Å²) in [5, 5.41) is 2.37. The average Bonchev–Trinajstić information content (AvgIpc) is 2.82. The van der Waals surface area contributed by atoms with Gasteiger partial charge in [0.15, 0.2) is 0 Å². The highest BCUT2D eigenvalue weighted by Gasteiger charge is 2.20. The van der Waals surface area contributed by atoms with Crippen LogP contribution >= 0.6 is 0 Å². The number of rotatable bonds is 1. The van der Waals surface area contributed by atoms with Gasteiger partial charge in [0.25, 0.3) is 0 Å². The van der Waals surface area contributed by atoms with Gasteiger partial charge in [0.05, 0.1) is 12.3 Å². The van der Waals surface area contributed by atoms with Crippen molar-refractivity contribution in [3.05, 3.63) is 36.4 Å². The first-order valence-electron chi connectivity index (χ1n) is 5.21. The van der Waals surface area contributed by atoms with Gasteiger partial charge in [-0.3, -0.25) is 9.97 Å². The Labute approximate surface area is 88.1 Å². The molecule has 3 nitrogen and oxygen atoms in total. The van der Waals surface area contributed by atoms with Gasteiger partial charge in [-0.05, 0) is 18.6 Å². The van der Waals surface area contributed by atoms with Gasteiger partial charge in [-0.1, -0.05) is 0 Å². The number of nitrogens with zero attached hydrogens (tertiary/aromatic N) is 2. The van der Waals surface area contributed by atoms with Gasteiger partial charge in [0.1, 0.15) is 0 Å². The number of pyridine rings is 2. The number of hydrogen-bond acceptors (Lipinski definition) is 3. The summed E-state index contributed by atoms with van der Waals surface area (Å²) in [6.45, 7) is 1.66. The second-order valence-corrected chi connectivity index (χ2v) is 3.85. The van der Waals surface area contributed by atoms with Gasteiger partial charge >= 0.3 is 0 Å². The van der Waals surface area contributed by atoms with Crippen molar-refractivity contribution in [3.8, 4) is 0 Å². The number of fused-ring (bicyclic) bond motifs is 1. The second kappa shape index (κ2) is 3.59. The van der Waals surface area contributed by atoms with Crippen LogP contribution in [0.3, 0.4) is 0 Å². The first-order chi connectivity index (χ1) is 7.45. The smallest absolute Gasteiger partial charge is 0.0550 e. The molecule has 0 N–H and O–H groups in total. The molecule has 2 aromatic rings. The molecule has 1 saturated heterocycles. The Hall–Kier alpha value is -1.48. The molecule has 0 aromatic carbocycles. The van der Waals surface area contributed by atoms with Crippen molar-refractivity contribution in [2.45, 2.75) is 12.3 Å². The molecule has 2 aromatic heterocycles. The topological polar surface area (TPSA) is 35.0 Å². The van der Waals surface area contributed by atoms with Crippen LogP contribution in [-0.4, -0.2) is 23.2 Å². The molecule has 1 fully saturated rings. The van der Waals surface area contributed by atoms with E-state index in [0.29, 0.717) is 5.92 Å². The van der Waals surface area contributed by atoms with Crippen molar-refractivity contribution in [2.24, 2.45) is 0 Å². The Morgan fingerprint density at radius 3 is 3.13 bits per heavy atom. The highest BCUT2D eigenvalue weighted by Crippen LogP contribution is 2.28. The number of hydrogen-bond donors (Lipinski definition) is 0. The highest BCUT2D eigenvalue weighted by atomic mass is 16.5. The van der Waals surface area contributed by atoms with E-state index in [4.69, 9.17) is 4.74 Å². The lowest BCUT2D eigenvalue weighted by molar-refractivity contribution is 0.193. The maximum atomic E-state index is 5.40. The Balaban J connectivity index is 2.16. The quantitative estimate of drug-likeness (QED) is 0.707. The molecule has 3 heteroatoms. The lowest BCUT2D eigenvalue weighted by atomic mass is 10.00. The standard InChI is InChI=1S/C12H12N2O/c1-5-14-12(10-3-6-15-8-10)11-2-4-13-7-9(1)11/h1-2,4-5,7,10H,3,6,8H2. The van der Waals surface area contributed by atoms with E-state index in [1.54, 1.807) is 0 Å². The molecular formula is C12H12N2O. The van der Waals surface area contributed by atoms with Crippen LogP contribution in [0, 0.1) is 0 Å². The zero-order valence-corrected chi connectivity index (χ0v) is 8.39. The van der Waals surface area contributed by atoms with Crippen molar-refractivity contribution < 1.29 is 4.74 Å². The Bertz CT molecular complexity index is 473. The third-order valence-electron chi connectivity index (χ3n) is 2.91. The van der Waals surface area contributed by atoms with Crippen molar-refractivity contribution in [2.75, 3.05) is 13.2 Å². The predicted octanol–water partition coefficient (Wildman–Crippen LogP) is 2.13. The third-order valence-corrected chi connectivity index (χ3v) is 2.91. The van der Waals surface area contributed by atoms with Gasteiger partial charge in [0.2, 0.25) is 0 Å². The molecule has 15 heavy (non-hydrogen) atoms. The molecule has 0 aliphatic carbocycles. The molecule has 0 saturated carbocycles. The highest BCUT2D eigenvalue weighted by molar-refractivity contribution is 5.83. The Morgan fingerprint density at radius 2 is 2.27 bits per heavy atom. The van der Waals surface area contributed by atoms with Crippen LogP contribution in [0.5, 0.6) is 0 Å². The fourth-order valence-electron chi connectivity index (χ4n) is 2.12. The van der Waals surface area contributed by atoms with Crippen LogP contribution in [0.25, 0.3) is 10.8 Å². The minimum absolute atomic E-state index is 0.455. The molecule has 0 radical (unpaired) electrons. The maximum absolute atomic E-state index is 5.40. The van der Waals surface area contributed by atoms with Crippen LogP contribution in [-0.2, 0) is 4.74 Å². The normalized spacial score (nSPS) is 20.9. The Morgan fingerprint density at radius 1 is 1.27 bits per heavy atom. The van der Waals surface area contributed by atoms with Gasteiger partial charge in [-0.25, -0.2) is 0 Å². The molecule has 0 bridgehead atoms. The van der Waals surface area contributed by atoms with Crippen LogP contribution in [0.1, 0.15) is 18.0 Å². The number of aromatic nitrogens is 2. The maximum Gasteiger partial charge on any atom is 0.0550 e. The first-order valence-corrected chi connectivity index (χ1v) is 5.21. The van der Waals surface area contributed by atoms with E-state index in [-0.39, 0.29) is 0 Å². The third kappa shape index (κ3) is 1.49. The molecule has 1 aliphatic heterocycles. The summed E-state index contributed by atoms with van der Waals surface area (Å²) in [6, 6.07) is 4.04. The molecule has 0 spiro atoms. The number of ether oxygens (including phenoxy) is 1. The lowest BCUT2D eigenvalue weighted by Crippen LogP contribution is -2.01. The van der Waals surface area contributed by atoms with E-state index in [1.165, 1.54) is 5.39 Å². The summed E-state index contributed by atoms with van der Waals surface area (Å²) in [5.74, 6) is 0.455. The Kier molecular flexibility index (Phi) is 2.10. The zero-order valence-electron chi connectivity index (χ0n) is 8.39. The van der Waals surface area contributed by atoms with Crippen LogP contribution in [0.15, 0.2) is 30.7 Å². The minimum Gasteiger partial charge on any atom is -0.381 e.